The van der Waals surface area contributed by atoms with Crippen molar-refractivity contribution in [3.8, 4) is 11.8 Å². The van der Waals surface area contributed by atoms with E-state index >= 15 is 0 Å². The lowest BCUT2D eigenvalue weighted by Crippen LogP contribution is -2.58. The molecule has 3 aromatic carbocycles. The Morgan fingerprint density at radius 1 is 0.960 bits per heavy atom. The Morgan fingerprint density at radius 2 is 1.62 bits per heavy atom. The summed E-state index contributed by atoms with van der Waals surface area (Å²) in [5.74, 6) is 4.72. The number of carbonyl (C=O) groups is 1. The van der Waals surface area contributed by atoms with Crippen LogP contribution in [0, 0.1) is 23.6 Å². The first-order valence-corrected chi connectivity index (χ1v) is 18.3. The van der Waals surface area contributed by atoms with Gasteiger partial charge in [0.05, 0.1) is 30.9 Å². The number of halogens is 1. The van der Waals surface area contributed by atoms with E-state index in [0.717, 1.165) is 11.1 Å². The number of rotatable bonds is 12. The average molecular weight is 711 g/mol. The molecule has 11 nitrogen and oxygen atoms in total. The second-order valence-corrected chi connectivity index (χ2v) is 15.0. The Morgan fingerprint density at radius 3 is 2.24 bits per heavy atom. The van der Waals surface area contributed by atoms with E-state index in [9.17, 15) is 43.1 Å². The van der Waals surface area contributed by atoms with Crippen LogP contribution in [0.4, 0.5) is 10.1 Å². The second-order valence-electron chi connectivity index (χ2n) is 12.9. The zero-order valence-corrected chi connectivity index (χ0v) is 28.7. The molecular formula is C37H43FN2O9S. The molecule has 8 atom stereocenters. The number of aliphatic hydroxyl groups excluding tert-OH is 5. The van der Waals surface area contributed by atoms with Crippen molar-refractivity contribution in [2.24, 2.45) is 5.92 Å². The highest BCUT2D eigenvalue weighted by Gasteiger charge is 2.48. The maximum atomic E-state index is 13.7. The van der Waals surface area contributed by atoms with Crippen molar-refractivity contribution < 1.29 is 47.9 Å². The van der Waals surface area contributed by atoms with Crippen molar-refractivity contribution in [1.29, 1.82) is 0 Å². The lowest BCUT2D eigenvalue weighted by molar-refractivity contribution is -0.214. The van der Waals surface area contributed by atoms with Crippen LogP contribution in [0.3, 0.4) is 0 Å². The predicted octanol–water partition coefficient (Wildman–Crippen LogP) is 2.06. The van der Waals surface area contributed by atoms with E-state index in [2.05, 4.69) is 11.8 Å². The summed E-state index contributed by atoms with van der Waals surface area (Å²) in [5, 5.41) is 50.7. The molecule has 2 unspecified atom stereocenters. The van der Waals surface area contributed by atoms with Gasteiger partial charge in [-0.25, -0.2) is 17.1 Å². The fourth-order valence-electron chi connectivity index (χ4n) is 6.32. The van der Waals surface area contributed by atoms with E-state index in [1.165, 1.54) is 34.8 Å². The number of carbonyl (C=O) groups excluding carboxylic acids is 1. The fraction of sp³-hybridized carbons (Fsp3) is 0.432. The molecule has 2 aliphatic heterocycles. The average Bonchev–Trinajstić information content (AvgIpc) is 3.10. The van der Waals surface area contributed by atoms with Crippen LogP contribution < -0.4 is 4.90 Å². The van der Waals surface area contributed by atoms with Gasteiger partial charge in [0.2, 0.25) is 15.9 Å². The molecule has 1 amide bonds. The zero-order valence-electron chi connectivity index (χ0n) is 27.8. The largest absolute Gasteiger partial charge is 0.394 e. The third kappa shape index (κ3) is 8.59. The number of nitrogens with zero attached hydrogens (tertiary/aromatic N) is 2. The summed E-state index contributed by atoms with van der Waals surface area (Å²) in [6.45, 7) is -0.163. The summed E-state index contributed by atoms with van der Waals surface area (Å²) in [5.41, 5.74) is 3.65. The van der Waals surface area contributed by atoms with Crippen LogP contribution in [0.25, 0.3) is 0 Å². The molecule has 13 heteroatoms. The summed E-state index contributed by atoms with van der Waals surface area (Å²) >= 11 is 0. The van der Waals surface area contributed by atoms with Crippen LogP contribution in [-0.2, 0) is 26.0 Å². The van der Waals surface area contributed by atoms with Crippen molar-refractivity contribution in [3.63, 3.8) is 0 Å². The van der Waals surface area contributed by atoms with Gasteiger partial charge in [-0.1, -0.05) is 48.2 Å². The van der Waals surface area contributed by atoms with Crippen molar-refractivity contribution in [3.05, 3.63) is 101 Å². The van der Waals surface area contributed by atoms with Gasteiger partial charge in [0.15, 0.2) is 0 Å². The number of benzene rings is 3. The zero-order chi connectivity index (χ0) is 36.2. The number of hydrogen-bond donors (Lipinski definition) is 5. The maximum absolute atomic E-state index is 13.7. The molecule has 5 rings (SSSR count). The normalized spacial score (nSPS) is 25.9. The van der Waals surface area contributed by atoms with Crippen molar-refractivity contribution in [2.75, 3.05) is 31.4 Å². The topological polar surface area (TPSA) is 168 Å². The van der Waals surface area contributed by atoms with Gasteiger partial charge in [-0.05, 0) is 78.8 Å². The molecule has 0 radical (unpaired) electrons. The smallest absolute Gasteiger partial charge is 0.233 e. The monoisotopic (exact) mass is 710 g/mol. The summed E-state index contributed by atoms with van der Waals surface area (Å²) in [4.78, 5) is 15.4. The van der Waals surface area contributed by atoms with Crippen molar-refractivity contribution >= 4 is 21.6 Å². The number of aryl methyl sites for hydroxylation is 1. The number of β-lactam (4-membered cyclic amide) rings is 1. The molecular weight excluding hydrogens is 667 g/mol. The summed E-state index contributed by atoms with van der Waals surface area (Å²) in [6.07, 6.45) is -4.42. The van der Waals surface area contributed by atoms with E-state index in [-0.39, 0.29) is 18.4 Å². The molecule has 2 aliphatic rings. The van der Waals surface area contributed by atoms with Gasteiger partial charge in [-0.15, -0.1) is 0 Å². The first-order valence-electron chi connectivity index (χ1n) is 16.5. The Balaban J connectivity index is 1.33. The quantitative estimate of drug-likeness (QED) is 0.140. The number of ether oxygens (including phenoxy) is 1. The number of anilines is 1. The Hall–Kier alpha value is -3.71. The van der Waals surface area contributed by atoms with E-state index in [1.807, 2.05) is 36.4 Å². The van der Waals surface area contributed by atoms with Gasteiger partial charge in [-0.3, -0.25) is 4.79 Å². The molecule has 50 heavy (non-hydrogen) atoms. The second kappa shape index (κ2) is 16.1. The summed E-state index contributed by atoms with van der Waals surface area (Å²) in [7, 11) is -1.71. The molecule has 5 N–H and O–H groups in total. The number of amides is 1. The summed E-state index contributed by atoms with van der Waals surface area (Å²) < 4.78 is 43.6. The molecule has 2 fully saturated rings. The van der Waals surface area contributed by atoms with E-state index in [4.69, 9.17) is 4.74 Å². The Labute approximate surface area is 291 Å². The van der Waals surface area contributed by atoms with Crippen molar-refractivity contribution in [1.82, 2.24) is 4.31 Å². The Bertz CT molecular complexity index is 1780. The van der Waals surface area contributed by atoms with Gasteiger partial charge in [0.1, 0.15) is 36.3 Å². The van der Waals surface area contributed by atoms with Crippen LogP contribution in [0.5, 0.6) is 0 Å². The van der Waals surface area contributed by atoms with Gasteiger partial charge in [0, 0.05) is 24.8 Å². The fourth-order valence-corrected chi connectivity index (χ4v) is 6.78. The minimum atomic E-state index is -3.25. The molecule has 268 valence electrons. The highest BCUT2D eigenvalue weighted by atomic mass is 32.2. The molecule has 0 aliphatic carbocycles. The lowest BCUT2D eigenvalue weighted by Gasteiger charge is -2.48. The van der Waals surface area contributed by atoms with E-state index < -0.39 is 65.0 Å². The van der Waals surface area contributed by atoms with Crippen molar-refractivity contribution in [2.45, 2.75) is 68.3 Å². The molecule has 0 saturated carbocycles. The van der Waals surface area contributed by atoms with E-state index in [1.54, 1.807) is 24.1 Å². The molecule has 2 saturated heterocycles. The van der Waals surface area contributed by atoms with Crippen LogP contribution in [0.1, 0.15) is 53.7 Å². The first kappa shape index (κ1) is 37.5. The van der Waals surface area contributed by atoms with Crippen LogP contribution in [-0.4, -0.2) is 101 Å². The van der Waals surface area contributed by atoms with Gasteiger partial charge >= 0.3 is 0 Å². The maximum Gasteiger partial charge on any atom is 0.233 e. The SMILES string of the molecule is CN(CCCc1ccc(N2C(=O)C(CC[C@H](O)c3ccc(F)cc3)[C@H]2c2ccc(C#CC3O[C@H](CO)[C@@H](O)[C@H](O)[C@H]3O)cc2)cc1)S(C)(=O)=O. The molecule has 0 spiro atoms. The minimum Gasteiger partial charge on any atom is -0.394 e. The molecule has 0 aromatic heterocycles. The molecule has 0 bridgehead atoms. The first-order chi connectivity index (χ1) is 23.8. The highest BCUT2D eigenvalue weighted by Crippen LogP contribution is 2.46. The number of sulfonamides is 1. The molecule has 2 heterocycles. The van der Waals surface area contributed by atoms with E-state index in [0.29, 0.717) is 42.6 Å². The third-order valence-corrected chi connectivity index (χ3v) is 10.8. The standard InChI is InChI=1S/C37H43FN2O9S/c1-39(50(2,47)48)21-3-4-23-7-16-28(17-8-23)40-33(29(37(40)46)18-19-30(42)25-12-14-27(38)15-13-25)26-10-5-24(6-11-26)9-20-31-34(43)36(45)35(44)32(22-41)49-31/h5-8,10-17,29-36,41-45H,3-4,18-19,21-22H2,1-2H3/t29?,30-,31?,32+,33+,34-,35+,36+/m0/s1. The summed E-state index contributed by atoms with van der Waals surface area (Å²) in [6, 6.07) is 20.0. The number of hydrogen-bond acceptors (Lipinski definition) is 9. The van der Waals surface area contributed by atoms with Crippen LogP contribution in [0.15, 0.2) is 72.8 Å². The molecule has 3 aromatic rings. The third-order valence-electron chi connectivity index (χ3n) is 9.44. The highest BCUT2D eigenvalue weighted by molar-refractivity contribution is 7.88. The van der Waals surface area contributed by atoms with Crippen LogP contribution in [0.2, 0.25) is 0 Å². The van der Waals surface area contributed by atoms with Crippen LogP contribution >= 0.6 is 0 Å². The lowest BCUT2D eigenvalue weighted by atomic mass is 9.78. The predicted molar refractivity (Wildman–Crippen MR) is 184 cm³/mol. The Kier molecular flexibility index (Phi) is 12.1. The minimum absolute atomic E-state index is 0.102. The van der Waals surface area contributed by atoms with Gasteiger partial charge in [0.25, 0.3) is 0 Å². The van der Waals surface area contributed by atoms with Gasteiger partial charge < -0.3 is 35.2 Å². The van der Waals surface area contributed by atoms with Gasteiger partial charge in [-0.2, -0.15) is 0 Å². The number of aliphatic hydroxyl groups is 5.